The molecule has 31 heavy (non-hydrogen) atoms. The number of nitrogens with one attached hydrogen (secondary N) is 2. The van der Waals surface area contributed by atoms with Crippen molar-refractivity contribution in [3.8, 4) is 16.9 Å². The monoisotopic (exact) mass is 433 g/mol. The van der Waals surface area contributed by atoms with Crippen LogP contribution in [0, 0.1) is 0 Å². The van der Waals surface area contributed by atoms with Gasteiger partial charge in [0.25, 0.3) is 0 Å². The minimum absolute atomic E-state index is 0.00487. The molecule has 9 heteroatoms. The number of rotatable bonds is 5. The van der Waals surface area contributed by atoms with Crippen molar-refractivity contribution in [2.45, 2.75) is 4.90 Å². The summed E-state index contributed by atoms with van der Waals surface area (Å²) in [6.45, 7) is 0. The number of urea groups is 1. The third-order valence-corrected chi connectivity index (χ3v) is 5.44. The average molecular weight is 433 g/mol. The minimum atomic E-state index is -3.80. The van der Waals surface area contributed by atoms with Crippen LogP contribution in [0.1, 0.15) is 0 Å². The first-order valence-corrected chi connectivity index (χ1v) is 10.9. The summed E-state index contributed by atoms with van der Waals surface area (Å²) >= 11 is 0. The lowest BCUT2D eigenvalue weighted by Crippen LogP contribution is -2.19. The lowest BCUT2D eigenvalue weighted by atomic mass is 10.1. The summed E-state index contributed by atoms with van der Waals surface area (Å²) in [7, 11) is -3.80. The molecule has 0 saturated heterocycles. The molecule has 1 heterocycles. The molecule has 0 saturated carbocycles. The smallest absolute Gasteiger partial charge is 0.308 e. The second-order valence-corrected chi connectivity index (χ2v) is 8.23. The highest BCUT2D eigenvalue weighted by atomic mass is 32.2. The van der Waals surface area contributed by atoms with Gasteiger partial charge < -0.3 is 10.6 Å². The van der Waals surface area contributed by atoms with E-state index in [2.05, 4.69) is 15.7 Å². The molecule has 0 unspecified atom stereocenters. The average Bonchev–Trinajstić information content (AvgIpc) is 3.18. The van der Waals surface area contributed by atoms with Crippen LogP contribution in [0.25, 0.3) is 16.9 Å². The Morgan fingerprint density at radius 2 is 1.45 bits per heavy atom. The third-order valence-electron chi connectivity index (χ3n) is 4.51. The molecule has 4 aromatic rings. The van der Waals surface area contributed by atoms with Gasteiger partial charge in [-0.05, 0) is 36.4 Å². The summed E-state index contributed by atoms with van der Waals surface area (Å²) in [6, 6.07) is 24.2. The Kier molecular flexibility index (Phi) is 5.52. The summed E-state index contributed by atoms with van der Waals surface area (Å²) < 4.78 is 24.7. The van der Waals surface area contributed by atoms with Gasteiger partial charge in [-0.3, -0.25) is 0 Å². The molecule has 156 valence electrons. The van der Waals surface area contributed by atoms with Crippen molar-refractivity contribution >= 4 is 27.4 Å². The summed E-state index contributed by atoms with van der Waals surface area (Å²) in [5.41, 5.74) is 3.24. The predicted molar refractivity (Wildman–Crippen MR) is 119 cm³/mol. The van der Waals surface area contributed by atoms with E-state index in [1.807, 2.05) is 48.5 Å². The summed E-state index contributed by atoms with van der Waals surface area (Å²) in [5.74, 6) is 0. The second-order valence-electron chi connectivity index (χ2n) is 6.67. The standard InChI is InChI=1S/C22H19N5O3S/c23-31(29,30)19-13-11-18(12-14-19)27-21(16-7-3-1-4-8-16)20(15-24-27)26-22(28)25-17-9-5-2-6-10-17/h1-15H,(H2,23,29,30)(H2,25,26,28). The van der Waals surface area contributed by atoms with Gasteiger partial charge in [-0.1, -0.05) is 48.5 Å². The van der Waals surface area contributed by atoms with E-state index in [1.54, 1.807) is 35.1 Å². The fourth-order valence-corrected chi connectivity index (χ4v) is 3.61. The molecule has 4 N–H and O–H groups in total. The molecule has 0 radical (unpaired) electrons. The Labute approximate surface area is 179 Å². The molecular weight excluding hydrogens is 414 g/mol. The SMILES string of the molecule is NS(=O)(=O)c1ccc(-n2ncc(NC(=O)Nc3ccccc3)c2-c2ccccc2)cc1. The number of hydrogen-bond acceptors (Lipinski definition) is 4. The van der Waals surface area contributed by atoms with Crippen LogP contribution in [0.2, 0.25) is 0 Å². The van der Waals surface area contributed by atoms with Gasteiger partial charge in [-0.15, -0.1) is 0 Å². The Bertz CT molecular complexity index is 1300. The van der Waals surface area contributed by atoms with Crippen LogP contribution in [0.4, 0.5) is 16.2 Å². The van der Waals surface area contributed by atoms with Crippen molar-refractivity contribution in [2.24, 2.45) is 5.14 Å². The van der Waals surface area contributed by atoms with Crippen molar-refractivity contribution < 1.29 is 13.2 Å². The number of primary sulfonamides is 1. The van der Waals surface area contributed by atoms with E-state index >= 15 is 0 Å². The van der Waals surface area contributed by atoms with Crippen LogP contribution >= 0.6 is 0 Å². The predicted octanol–water partition coefficient (Wildman–Crippen LogP) is 3.83. The first kappa shape index (κ1) is 20.3. The van der Waals surface area contributed by atoms with E-state index in [0.29, 0.717) is 22.8 Å². The topological polar surface area (TPSA) is 119 Å². The number of benzene rings is 3. The lowest BCUT2D eigenvalue weighted by Gasteiger charge is -2.12. The fourth-order valence-electron chi connectivity index (χ4n) is 3.09. The van der Waals surface area contributed by atoms with Crippen molar-refractivity contribution in [2.75, 3.05) is 10.6 Å². The molecular formula is C22H19N5O3S. The molecule has 0 aliphatic carbocycles. The number of carbonyl (C=O) groups is 1. The van der Waals surface area contributed by atoms with Gasteiger partial charge in [-0.25, -0.2) is 23.0 Å². The highest BCUT2D eigenvalue weighted by molar-refractivity contribution is 7.89. The summed E-state index contributed by atoms with van der Waals surface area (Å²) in [4.78, 5) is 12.5. The van der Waals surface area contributed by atoms with Gasteiger partial charge >= 0.3 is 6.03 Å². The normalized spacial score (nSPS) is 11.1. The van der Waals surface area contributed by atoms with Gasteiger partial charge in [0.15, 0.2) is 0 Å². The Morgan fingerprint density at radius 1 is 0.839 bits per heavy atom. The number of sulfonamides is 1. The number of aromatic nitrogens is 2. The van der Waals surface area contributed by atoms with Crippen LogP contribution in [0.3, 0.4) is 0 Å². The number of carbonyl (C=O) groups excluding carboxylic acids is 1. The molecule has 0 spiro atoms. The van der Waals surface area contributed by atoms with Crippen LogP contribution in [0.5, 0.6) is 0 Å². The zero-order valence-corrected chi connectivity index (χ0v) is 17.1. The van der Waals surface area contributed by atoms with Crippen LogP contribution in [0.15, 0.2) is 96.0 Å². The highest BCUT2D eigenvalue weighted by Gasteiger charge is 2.17. The summed E-state index contributed by atoms with van der Waals surface area (Å²) in [5, 5.41) is 15.2. The fraction of sp³-hybridized carbons (Fsp3) is 0. The molecule has 2 amide bonds. The van der Waals surface area contributed by atoms with E-state index in [4.69, 9.17) is 5.14 Å². The quantitative estimate of drug-likeness (QED) is 0.443. The molecule has 0 aliphatic heterocycles. The largest absolute Gasteiger partial charge is 0.323 e. The van der Waals surface area contributed by atoms with Gasteiger partial charge in [0.05, 0.1) is 28.2 Å². The maximum atomic E-state index is 12.5. The molecule has 0 fully saturated rings. The molecule has 3 aromatic carbocycles. The van der Waals surface area contributed by atoms with E-state index < -0.39 is 16.1 Å². The molecule has 4 rings (SSSR count). The van der Waals surface area contributed by atoms with E-state index in [1.165, 1.54) is 12.1 Å². The molecule has 0 bridgehead atoms. The molecule has 0 aliphatic rings. The summed E-state index contributed by atoms with van der Waals surface area (Å²) in [6.07, 6.45) is 1.54. The first-order chi connectivity index (χ1) is 14.9. The van der Waals surface area contributed by atoms with Crippen molar-refractivity contribution in [1.82, 2.24) is 9.78 Å². The van der Waals surface area contributed by atoms with Crippen molar-refractivity contribution in [3.63, 3.8) is 0 Å². The second kappa shape index (κ2) is 8.42. The Morgan fingerprint density at radius 3 is 2.06 bits per heavy atom. The molecule has 1 aromatic heterocycles. The first-order valence-electron chi connectivity index (χ1n) is 9.31. The number of nitrogens with zero attached hydrogens (tertiary/aromatic N) is 2. The Balaban J connectivity index is 1.70. The van der Waals surface area contributed by atoms with Crippen molar-refractivity contribution in [3.05, 3.63) is 91.1 Å². The van der Waals surface area contributed by atoms with Crippen molar-refractivity contribution in [1.29, 1.82) is 0 Å². The maximum Gasteiger partial charge on any atom is 0.323 e. The molecule has 0 atom stereocenters. The van der Waals surface area contributed by atoms with Gasteiger partial charge in [0.1, 0.15) is 0 Å². The van der Waals surface area contributed by atoms with Gasteiger partial charge in [0, 0.05) is 11.3 Å². The van der Waals surface area contributed by atoms with E-state index in [9.17, 15) is 13.2 Å². The number of hydrogen-bond donors (Lipinski definition) is 3. The van der Waals surface area contributed by atoms with E-state index in [0.717, 1.165) is 5.56 Å². The van der Waals surface area contributed by atoms with Gasteiger partial charge in [-0.2, -0.15) is 5.10 Å². The van der Waals surface area contributed by atoms with Crippen LogP contribution in [-0.4, -0.2) is 24.2 Å². The minimum Gasteiger partial charge on any atom is -0.308 e. The van der Waals surface area contributed by atoms with Crippen LogP contribution in [-0.2, 0) is 10.0 Å². The lowest BCUT2D eigenvalue weighted by molar-refractivity contribution is 0.262. The maximum absolute atomic E-state index is 12.5. The third kappa shape index (κ3) is 4.63. The molecule has 8 nitrogen and oxygen atoms in total. The highest BCUT2D eigenvalue weighted by Crippen LogP contribution is 2.30. The van der Waals surface area contributed by atoms with Gasteiger partial charge in [0.2, 0.25) is 10.0 Å². The zero-order chi connectivity index (χ0) is 21.8. The van der Waals surface area contributed by atoms with Crippen LogP contribution < -0.4 is 15.8 Å². The Hall–Kier alpha value is -3.95. The number of para-hydroxylation sites is 1. The zero-order valence-electron chi connectivity index (χ0n) is 16.3. The number of amides is 2. The number of anilines is 2. The number of nitrogens with two attached hydrogens (primary N) is 1. The van der Waals surface area contributed by atoms with E-state index in [-0.39, 0.29) is 4.90 Å².